The predicted molar refractivity (Wildman–Crippen MR) is 65.0 cm³/mol. The van der Waals surface area contributed by atoms with Crippen LogP contribution in [-0.4, -0.2) is 32.7 Å². The molecule has 10 heteroatoms. The summed E-state index contributed by atoms with van der Waals surface area (Å²) in [5.74, 6) is -0.337. The summed E-state index contributed by atoms with van der Waals surface area (Å²) in [6, 6.07) is 1.52. The van der Waals surface area contributed by atoms with Gasteiger partial charge in [0.2, 0.25) is 10.0 Å². The Bertz CT molecular complexity index is 545. The maximum absolute atomic E-state index is 12.5. The molecule has 6 nitrogen and oxygen atoms in total. The molecular formula is C9H13F3N4O2S. The molecule has 0 aliphatic carbocycles. The zero-order valence-electron chi connectivity index (χ0n) is 9.95. The Balaban J connectivity index is 2.67. The SMILES string of the molecule is CS(=O)(=O)NCCNc1cc(C(F)(F)F)cc(N)n1. The van der Waals surface area contributed by atoms with Crippen molar-refractivity contribution in [2.24, 2.45) is 0 Å². The van der Waals surface area contributed by atoms with Gasteiger partial charge < -0.3 is 11.1 Å². The minimum absolute atomic E-state index is 0.0245. The summed E-state index contributed by atoms with van der Waals surface area (Å²) in [7, 11) is -3.33. The highest BCUT2D eigenvalue weighted by molar-refractivity contribution is 7.88. The molecule has 0 radical (unpaired) electrons. The van der Waals surface area contributed by atoms with Gasteiger partial charge in [-0.2, -0.15) is 13.2 Å². The molecule has 0 aliphatic rings. The van der Waals surface area contributed by atoms with E-state index in [1.807, 2.05) is 0 Å². The summed E-state index contributed by atoms with van der Waals surface area (Å²) in [5, 5.41) is 2.55. The van der Waals surface area contributed by atoms with Gasteiger partial charge in [-0.25, -0.2) is 18.1 Å². The van der Waals surface area contributed by atoms with Crippen LogP contribution in [0.15, 0.2) is 12.1 Å². The molecule has 0 unspecified atom stereocenters. The number of aromatic nitrogens is 1. The molecule has 0 fully saturated rings. The molecule has 4 N–H and O–H groups in total. The zero-order chi connectivity index (χ0) is 14.7. The van der Waals surface area contributed by atoms with Crippen LogP contribution in [0.3, 0.4) is 0 Å². The fraction of sp³-hybridized carbons (Fsp3) is 0.444. The van der Waals surface area contributed by atoms with Gasteiger partial charge in [-0.1, -0.05) is 0 Å². The van der Waals surface area contributed by atoms with Crippen molar-refractivity contribution in [3.63, 3.8) is 0 Å². The number of nitrogens with zero attached hydrogens (tertiary/aromatic N) is 1. The van der Waals surface area contributed by atoms with Gasteiger partial charge in [0, 0.05) is 13.1 Å². The van der Waals surface area contributed by atoms with E-state index < -0.39 is 21.8 Å². The topological polar surface area (TPSA) is 97.1 Å². The van der Waals surface area contributed by atoms with Crippen molar-refractivity contribution in [1.29, 1.82) is 0 Å². The van der Waals surface area contributed by atoms with E-state index in [1.165, 1.54) is 0 Å². The lowest BCUT2D eigenvalue weighted by atomic mass is 10.2. The fourth-order valence-electron chi connectivity index (χ4n) is 1.23. The Kier molecular flexibility index (Phi) is 4.58. The standard InChI is InChI=1S/C9H13F3N4O2S/c1-19(17,18)15-3-2-14-8-5-6(9(10,11)12)4-7(13)16-8/h4-5,15H,2-3H2,1H3,(H3,13,14,16). The highest BCUT2D eigenvalue weighted by atomic mass is 32.2. The second-order valence-electron chi connectivity index (χ2n) is 3.76. The second-order valence-corrected chi connectivity index (χ2v) is 5.59. The Labute approximate surface area is 108 Å². The minimum atomic E-state index is -4.52. The van der Waals surface area contributed by atoms with Crippen molar-refractivity contribution < 1.29 is 21.6 Å². The van der Waals surface area contributed by atoms with Gasteiger partial charge in [0.1, 0.15) is 11.6 Å². The molecule has 0 atom stereocenters. The number of nitrogens with two attached hydrogens (primary N) is 1. The molecule has 1 aromatic heterocycles. The normalized spacial score (nSPS) is 12.4. The lowest BCUT2D eigenvalue weighted by Crippen LogP contribution is -2.27. The van der Waals surface area contributed by atoms with E-state index in [0.29, 0.717) is 0 Å². The van der Waals surface area contributed by atoms with Crippen LogP contribution in [0.4, 0.5) is 24.8 Å². The Hall–Kier alpha value is -1.55. The summed E-state index contributed by atoms with van der Waals surface area (Å²) >= 11 is 0. The minimum Gasteiger partial charge on any atom is -0.384 e. The van der Waals surface area contributed by atoms with Crippen molar-refractivity contribution in [3.8, 4) is 0 Å². The molecule has 0 aromatic carbocycles. The first-order valence-electron chi connectivity index (χ1n) is 5.11. The molecule has 0 amide bonds. The van der Waals surface area contributed by atoms with Crippen molar-refractivity contribution in [3.05, 3.63) is 17.7 Å². The number of pyridine rings is 1. The van der Waals surface area contributed by atoms with E-state index >= 15 is 0 Å². The van der Waals surface area contributed by atoms with E-state index in [-0.39, 0.29) is 24.7 Å². The van der Waals surface area contributed by atoms with Gasteiger partial charge in [-0.05, 0) is 12.1 Å². The third-order valence-corrected chi connectivity index (χ3v) is 2.70. The van der Waals surface area contributed by atoms with E-state index in [1.54, 1.807) is 0 Å². The number of anilines is 2. The summed E-state index contributed by atoms with van der Waals surface area (Å²) in [4.78, 5) is 3.67. The van der Waals surface area contributed by atoms with E-state index in [2.05, 4.69) is 15.0 Å². The Morgan fingerprint density at radius 1 is 1.32 bits per heavy atom. The van der Waals surface area contributed by atoms with Gasteiger partial charge in [0.25, 0.3) is 0 Å². The predicted octanol–water partition coefficient (Wildman–Crippen LogP) is 0.644. The second kappa shape index (κ2) is 5.61. The molecule has 1 aromatic rings. The zero-order valence-corrected chi connectivity index (χ0v) is 10.8. The average Bonchev–Trinajstić information content (AvgIpc) is 2.21. The fourth-order valence-corrected chi connectivity index (χ4v) is 1.71. The third-order valence-electron chi connectivity index (χ3n) is 1.97. The molecule has 0 spiro atoms. The number of hydrogen-bond donors (Lipinski definition) is 3. The van der Waals surface area contributed by atoms with E-state index in [9.17, 15) is 21.6 Å². The van der Waals surface area contributed by atoms with Crippen molar-refractivity contribution in [1.82, 2.24) is 9.71 Å². The summed E-state index contributed by atoms with van der Waals surface area (Å²) in [6.07, 6.45) is -3.54. The van der Waals surface area contributed by atoms with Crippen molar-refractivity contribution >= 4 is 21.7 Å². The molecule has 19 heavy (non-hydrogen) atoms. The molecule has 1 heterocycles. The van der Waals surface area contributed by atoms with Gasteiger partial charge in [-0.3, -0.25) is 0 Å². The van der Waals surface area contributed by atoms with Crippen molar-refractivity contribution in [2.45, 2.75) is 6.18 Å². The van der Waals surface area contributed by atoms with Crippen LogP contribution in [0.2, 0.25) is 0 Å². The first-order chi connectivity index (χ1) is 8.58. The Morgan fingerprint density at radius 3 is 2.47 bits per heavy atom. The molecular weight excluding hydrogens is 285 g/mol. The lowest BCUT2D eigenvalue weighted by Gasteiger charge is -2.11. The van der Waals surface area contributed by atoms with E-state index in [4.69, 9.17) is 5.73 Å². The largest absolute Gasteiger partial charge is 0.416 e. The van der Waals surface area contributed by atoms with Crippen LogP contribution in [-0.2, 0) is 16.2 Å². The van der Waals surface area contributed by atoms with Gasteiger partial charge >= 0.3 is 6.18 Å². The summed E-state index contributed by atoms with van der Waals surface area (Å²) in [5.41, 5.74) is 4.35. The highest BCUT2D eigenvalue weighted by Crippen LogP contribution is 2.31. The smallest absolute Gasteiger partial charge is 0.384 e. The maximum atomic E-state index is 12.5. The quantitative estimate of drug-likeness (QED) is 0.693. The van der Waals surface area contributed by atoms with Crippen LogP contribution in [0.1, 0.15) is 5.56 Å². The van der Waals surface area contributed by atoms with Crippen LogP contribution >= 0.6 is 0 Å². The lowest BCUT2D eigenvalue weighted by molar-refractivity contribution is -0.137. The number of nitrogens with one attached hydrogen (secondary N) is 2. The van der Waals surface area contributed by atoms with Crippen LogP contribution in [0.5, 0.6) is 0 Å². The average molecular weight is 298 g/mol. The van der Waals surface area contributed by atoms with Crippen LogP contribution in [0.25, 0.3) is 0 Å². The molecule has 0 saturated heterocycles. The molecule has 0 bridgehead atoms. The maximum Gasteiger partial charge on any atom is 0.416 e. The molecule has 0 aliphatic heterocycles. The first-order valence-corrected chi connectivity index (χ1v) is 7.00. The van der Waals surface area contributed by atoms with Crippen molar-refractivity contribution in [2.75, 3.05) is 30.4 Å². The van der Waals surface area contributed by atoms with Gasteiger partial charge in [0.05, 0.1) is 11.8 Å². The van der Waals surface area contributed by atoms with Gasteiger partial charge in [0.15, 0.2) is 0 Å². The highest BCUT2D eigenvalue weighted by Gasteiger charge is 2.31. The van der Waals surface area contributed by atoms with Gasteiger partial charge in [-0.15, -0.1) is 0 Å². The summed E-state index contributed by atoms with van der Waals surface area (Å²) in [6.45, 7) is 0.109. The molecule has 1 rings (SSSR count). The van der Waals surface area contributed by atoms with Crippen LogP contribution in [0, 0.1) is 0 Å². The summed E-state index contributed by atoms with van der Waals surface area (Å²) < 4.78 is 61.2. The van der Waals surface area contributed by atoms with E-state index in [0.717, 1.165) is 18.4 Å². The Morgan fingerprint density at radius 2 is 1.95 bits per heavy atom. The number of nitrogen functional groups attached to an aromatic ring is 1. The monoisotopic (exact) mass is 298 g/mol. The third kappa shape index (κ3) is 5.75. The first kappa shape index (κ1) is 15.5. The number of hydrogen-bond acceptors (Lipinski definition) is 5. The number of halogens is 3. The number of rotatable bonds is 5. The number of alkyl halides is 3. The molecule has 0 saturated carbocycles. The van der Waals surface area contributed by atoms with Crippen LogP contribution < -0.4 is 15.8 Å². The number of sulfonamides is 1. The molecule has 108 valence electrons.